The topological polar surface area (TPSA) is 90.1 Å². The van der Waals surface area contributed by atoms with Gasteiger partial charge < -0.3 is 19.9 Å². The number of nitrogens with two attached hydrogens (primary N) is 1. The third kappa shape index (κ3) is 2.40. The number of hydrogen-bond donors (Lipinski definition) is 2. The Bertz CT molecular complexity index is 461. The lowest BCUT2D eigenvalue weighted by Crippen LogP contribution is -2.04. The fraction of sp³-hybridized carbons (Fsp3) is 0.400. The zero-order valence-electron chi connectivity index (χ0n) is 9.23. The zero-order valence-corrected chi connectivity index (χ0v) is 9.23. The first-order chi connectivity index (χ1) is 7.65. The molecule has 2 rings (SSSR count). The molecule has 16 heavy (non-hydrogen) atoms. The van der Waals surface area contributed by atoms with Gasteiger partial charge in [-0.1, -0.05) is 5.10 Å². The van der Waals surface area contributed by atoms with Gasteiger partial charge in [-0.25, -0.2) is 0 Å². The summed E-state index contributed by atoms with van der Waals surface area (Å²) in [5.41, 5.74) is 5.60. The third-order valence-electron chi connectivity index (χ3n) is 2.04. The smallest absolute Gasteiger partial charge is 0.315 e. The molecule has 0 aliphatic carbocycles. The summed E-state index contributed by atoms with van der Waals surface area (Å²) in [5, 5.41) is 10.6. The zero-order chi connectivity index (χ0) is 11.5. The normalized spacial score (nSPS) is 12.7. The van der Waals surface area contributed by atoms with Crippen molar-refractivity contribution in [1.29, 1.82) is 0 Å². The summed E-state index contributed by atoms with van der Waals surface area (Å²) in [6, 6.07) is 3.89. The number of furan rings is 1. The van der Waals surface area contributed by atoms with Crippen LogP contribution in [0, 0.1) is 6.92 Å². The third-order valence-corrected chi connectivity index (χ3v) is 2.04. The van der Waals surface area contributed by atoms with Crippen molar-refractivity contribution in [3.05, 3.63) is 29.5 Å². The Morgan fingerprint density at radius 3 is 2.75 bits per heavy atom. The van der Waals surface area contributed by atoms with Crippen molar-refractivity contribution in [2.24, 2.45) is 5.73 Å². The summed E-state index contributed by atoms with van der Waals surface area (Å²) in [4.78, 5) is 0. The van der Waals surface area contributed by atoms with Gasteiger partial charge in [0, 0.05) is 0 Å². The van der Waals surface area contributed by atoms with Crippen LogP contribution in [0.1, 0.15) is 30.4 Å². The molecule has 0 saturated heterocycles. The van der Waals surface area contributed by atoms with Gasteiger partial charge in [0.25, 0.3) is 0 Å². The molecular weight excluding hydrogens is 208 g/mol. The van der Waals surface area contributed by atoms with Gasteiger partial charge in [0.2, 0.25) is 5.89 Å². The number of aryl methyl sites for hydroxylation is 1. The standard InChI is InChI=1S/C10H14N4O2/c1-6-3-4-8(15-6)5-12-10-14-13-9(16-10)7(2)11/h3-4,7H,5,11H2,1-2H3,(H,12,14). The molecule has 0 radical (unpaired) electrons. The second-order valence-electron chi connectivity index (χ2n) is 3.60. The van der Waals surface area contributed by atoms with Crippen LogP contribution >= 0.6 is 0 Å². The molecule has 1 atom stereocenters. The summed E-state index contributed by atoms with van der Waals surface area (Å²) < 4.78 is 10.7. The maximum absolute atomic E-state index is 5.60. The number of nitrogens with zero attached hydrogens (tertiary/aromatic N) is 2. The van der Waals surface area contributed by atoms with E-state index in [1.54, 1.807) is 6.92 Å². The Kier molecular flexibility index (Phi) is 2.91. The van der Waals surface area contributed by atoms with Crippen LogP contribution in [0.3, 0.4) is 0 Å². The van der Waals surface area contributed by atoms with Crippen LogP contribution in [-0.4, -0.2) is 10.2 Å². The maximum Gasteiger partial charge on any atom is 0.315 e. The van der Waals surface area contributed by atoms with Crippen LogP contribution < -0.4 is 11.1 Å². The molecule has 0 fully saturated rings. The second kappa shape index (κ2) is 4.36. The monoisotopic (exact) mass is 222 g/mol. The summed E-state index contributed by atoms with van der Waals surface area (Å²) in [5.74, 6) is 2.11. The van der Waals surface area contributed by atoms with Crippen LogP contribution in [0.5, 0.6) is 0 Å². The molecule has 6 heteroatoms. The Hall–Kier alpha value is -1.82. The van der Waals surface area contributed by atoms with E-state index in [9.17, 15) is 0 Å². The molecule has 0 aliphatic heterocycles. The lowest BCUT2D eigenvalue weighted by Gasteiger charge is -1.98. The number of hydrogen-bond acceptors (Lipinski definition) is 6. The molecular formula is C10H14N4O2. The van der Waals surface area contributed by atoms with Crippen LogP contribution in [0.15, 0.2) is 21.0 Å². The lowest BCUT2D eigenvalue weighted by molar-refractivity contribution is 0.463. The maximum atomic E-state index is 5.60. The van der Waals surface area contributed by atoms with E-state index >= 15 is 0 Å². The van der Waals surface area contributed by atoms with Gasteiger partial charge in [0.1, 0.15) is 11.5 Å². The Balaban J connectivity index is 1.94. The first kappa shape index (κ1) is 10.7. The minimum absolute atomic E-state index is 0.256. The van der Waals surface area contributed by atoms with Crippen LogP contribution in [0.25, 0.3) is 0 Å². The van der Waals surface area contributed by atoms with E-state index in [4.69, 9.17) is 14.6 Å². The molecule has 0 saturated carbocycles. The molecule has 6 nitrogen and oxygen atoms in total. The fourth-order valence-corrected chi connectivity index (χ4v) is 1.23. The quantitative estimate of drug-likeness (QED) is 0.816. The van der Waals surface area contributed by atoms with Crippen molar-refractivity contribution in [3.63, 3.8) is 0 Å². The number of anilines is 1. The van der Waals surface area contributed by atoms with Crippen molar-refractivity contribution < 1.29 is 8.83 Å². The molecule has 2 aromatic heterocycles. The number of aromatic nitrogens is 2. The lowest BCUT2D eigenvalue weighted by atomic mass is 10.4. The SMILES string of the molecule is Cc1ccc(CNc2nnc(C(C)N)o2)o1. The van der Waals surface area contributed by atoms with E-state index in [2.05, 4.69) is 15.5 Å². The van der Waals surface area contributed by atoms with Gasteiger partial charge in [0.15, 0.2) is 0 Å². The predicted octanol–water partition coefficient (Wildman–Crippen LogP) is 1.60. The molecule has 3 N–H and O–H groups in total. The molecule has 1 unspecified atom stereocenters. The molecule has 86 valence electrons. The first-order valence-corrected chi connectivity index (χ1v) is 5.03. The molecule has 2 aromatic rings. The molecule has 0 aromatic carbocycles. The van der Waals surface area contributed by atoms with E-state index < -0.39 is 0 Å². The van der Waals surface area contributed by atoms with Gasteiger partial charge in [0.05, 0.1) is 12.6 Å². The number of nitrogens with one attached hydrogen (secondary N) is 1. The van der Waals surface area contributed by atoms with E-state index in [1.807, 2.05) is 19.1 Å². The highest BCUT2D eigenvalue weighted by atomic mass is 16.4. The van der Waals surface area contributed by atoms with E-state index in [1.165, 1.54) is 0 Å². The van der Waals surface area contributed by atoms with Crippen molar-refractivity contribution >= 4 is 6.01 Å². The van der Waals surface area contributed by atoms with Gasteiger partial charge in [-0.3, -0.25) is 0 Å². The summed E-state index contributed by atoms with van der Waals surface area (Å²) in [6.07, 6.45) is 0. The van der Waals surface area contributed by atoms with Crippen molar-refractivity contribution in [2.45, 2.75) is 26.4 Å². The van der Waals surface area contributed by atoms with E-state index in [-0.39, 0.29) is 6.04 Å². The van der Waals surface area contributed by atoms with Crippen molar-refractivity contribution in [3.8, 4) is 0 Å². The first-order valence-electron chi connectivity index (χ1n) is 5.03. The Morgan fingerprint density at radius 1 is 1.38 bits per heavy atom. The number of rotatable bonds is 4. The highest BCUT2D eigenvalue weighted by molar-refractivity contribution is 5.19. The fourth-order valence-electron chi connectivity index (χ4n) is 1.23. The second-order valence-corrected chi connectivity index (χ2v) is 3.60. The van der Waals surface area contributed by atoms with Gasteiger partial charge >= 0.3 is 6.01 Å². The van der Waals surface area contributed by atoms with Crippen molar-refractivity contribution in [1.82, 2.24) is 10.2 Å². The molecule has 0 bridgehead atoms. The highest BCUT2D eigenvalue weighted by Crippen LogP contribution is 2.13. The van der Waals surface area contributed by atoms with Gasteiger partial charge in [-0.15, -0.1) is 5.10 Å². The molecule has 0 spiro atoms. The predicted molar refractivity (Wildman–Crippen MR) is 57.7 cm³/mol. The molecule has 2 heterocycles. The summed E-state index contributed by atoms with van der Waals surface area (Å²) in [6.45, 7) is 4.19. The highest BCUT2D eigenvalue weighted by Gasteiger charge is 2.09. The minimum Gasteiger partial charge on any atom is -0.465 e. The molecule has 0 aliphatic rings. The van der Waals surface area contributed by atoms with Crippen molar-refractivity contribution in [2.75, 3.05) is 5.32 Å². The van der Waals surface area contributed by atoms with Crippen LogP contribution in [-0.2, 0) is 6.54 Å². The van der Waals surface area contributed by atoms with Gasteiger partial charge in [-0.2, -0.15) is 0 Å². The minimum atomic E-state index is -0.256. The Morgan fingerprint density at radius 2 is 2.19 bits per heavy atom. The van der Waals surface area contributed by atoms with E-state index in [0.29, 0.717) is 18.5 Å². The average molecular weight is 222 g/mol. The largest absolute Gasteiger partial charge is 0.465 e. The van der Waals surface area contributed by atoms with Gasteiger partial charge in [-0.05, 0) is 26.0 Å². The summed E-state index contributed by atoms with van der Waals surface area (Å²) in [7, 11) is 0. The van der Waals surface area contributed by atoms with E-state index in [0.717, 1.165) is 11.5 Å². The Labute approximate surface area is 92.8 Å². The van der Waals surface area contributed by atoms with Crippen LogP contribution in [0.4, 0.5) is 6.01 Å². The van der Waals surface area contributed by atoms with Crippen LogP contribution in [0.2, 0.25) is 0 Å². The summed E-state index contributed by atoms with van der Waals surface area (Å²) >= 11 is 0. The average Bonchev–Trinajstić information content (AvgIpc) is 2.83. The molecule has 0 amide bonds.